The summed E-state index contributed by atoms with van der Waals surface area (Å²) in [5, 5.41) is 3.41. The molecule has 1 aromatic rings. The van der Waals surface area contributed by atoms with Crippen LogP contribution in [0.25, 0.3) is 0 Å². The summed E-state index contributed by atoms with van der Waals surface area (Å²) in [7, 11) is 0. The lowest BCUT2D eigenvalue weighted by Gasteiger charge is -2.37. The normalized spacial score (nSPS) is 18.5. The highest BCUT2D eigenvalue weighted by molar-refractivity contribution is 6.05. The lowest BCUT2D eigenvalue weighted by Crippen LogP contribution is -2.50. The van der Waals surface area contributed by atoms with Crippen molar-refractivity contribution in [2.75, 3.05) is 16.8 Å². The third kappa shape index (κ3) is 2.46. The first-order valence-corrected chi connectivity index (χ1v) is 7.14. The summed E-state index contributed by atoms with van der Waals surface area (Å²) in [5.41, 5.74) is 4.62. The Hall–Kier alpha value is -1.51. The molecule has 1 aliphatic rings. The van der Waals surface area contributed by atoms with Crippen LogP contribution in [0.15, 0.2) is 12.1 Å². The largest absolute Gasteiger partial charge is 0.372 e. The summed E-state index contributed by atoms with van der Waals surface area (Å²) in [5.74, 6) is 0.495. The van der Waals surface area contributed by atoms with Crippen molar-refractivity contribution >= 4 is 17.3 Å². The van der Waals surface area contributed by atoms with E-state index in [0.717, 1.165) is 24.3 Å². The van der Waals surface area contributed by atoms with Crippen molar-refractivity contribution in [3.05, 3.63) is 23.3 Å². The van der Waals surface area contributed by atoms with Crippen LogP contribution in [0, 0.1) is 19.8 Å². The van der Waals surface area contributed by atoms with Crippen molar-refractivity contribution in [1.29, 1.82) is 0 Å². The van der Waals surface area contributed by atoms with Crippen molar-refractivity contribution in [1.82, 2.24) is 0 Å². The van der Waals surface area contributed by atoms with Crippen LogP contribution in [0.4, 0.5) is 11.4 Å². The van der Waals surface area contributed by atoms with Gasteiger partial charge in [-0.1, -0.05) is 20.8 Å². The summed E-state index contributed by atoms with van der Waals surface area (Å²) < 4.78 is 0. The zero-order valence-corrected chi connectivity index (χ0v) is 12.6. The fourth-order valence-electron chi connectivity index (χ4n) is 2.56. The maximum atomic E-state index is 12.6. The van der Waals surface area contributed by atoms with Gasteiger partial charge in [-0.2, -0.15) is 0 Å². The van der Waals surface area contributed by atoms with E-state index >= 15 is 0 Å². The summed E-state index contributed by atoms with van der Waals surface area (Å²) in [6.07, 6.45) is 0.975. The summed E-state index contributed by atoms with van der Waals surface area (Å²) in [6, 6.07) is 4.18. The maximum absolute atomic E-state index is 12.6. The van der Waals surface area contributed by atoms with E-state index in [1.54, 1.807) is 0 Å². The van der Waals surface area contributed by atoms with Crippen LogP contribution >= 0.6 is 0 Å². The van der Waals surface area contributed by atoms with Gasteiger partial charge in [0.25, 0.3) is 0 Å². The molecule has 1 heterocycles. The minimum Gasteiger partial charge on any atom is -0.372 e. The summed E-state index contributed by atoms with van der Waals surface area (Å²) >= 11 is 0. The number of amides is 1. The molecule has 1 N–H and O–H groups in total. The molecule has 0 bridgehead atoms. The number of nitrogens with zero attached hydrogens (tertiary/aromatic N) is 1. The van der Waals surface area contributed by atoms with Crippen molar-refractivity contribution < 1.29 is 4.79 Å². The van der Waals surface area contributed by atoms with Crippen LogP contribution < -0.4 is 10.2 Å². The second kappa shape index (κ2) is 5.24. The number of aryl methyl sites for hydroxylation is 2. The van der Waals surface area contributed by atoms with Crippen LogP contribution in [-0.4, -0.2) is 18.5 Å². The highest BCUT2D eigenvalue weighted by atomic mass is 16.2. The fraction of sp³-hybridized carbons (Fsp3) is 0.562. The Morgan fingerprint density at radius 3 is 2.47 bits per heavy atom. The molecule has 3 heteroatoms. The molecular weight excluding hydrogens is 236 g/mol. The van der Waals surface area contributed by atoms with Crippen molar-refractivity contribution in [2.24, 2.45) is 5.92 Å². The lowest BCUT2D eigenvalue weighted by molar-refractivity contribution is -0.120. The quantitative estimate of drug-likeness (QED) is 0.902. The van der Waals surface area contributed by atoms with Gasteiger partial charge in [-0.3, -0.25) is 4.79 Å². The van der Waals surface area contributed by atoms with Gasteiger partial charge in [0.1, 0.15) is 6.04 Å². The molecule has 1 aliphatic heterocycles. The molecule has 3 nitrogen and oxygen atoms in total. The van der Waals surface area contributed by atoms with E-state index in [1.807, 2.05) is 4.90 Å². The minimum atomic E-state index is -0.110. The number of fused-ring (bicyclic) bond motifs is 1. The van der Waals surface area contributed by atoms with E-state index in [2.05, 4.69) is 52.1 Å². The number of carbonyl (C=O) groups is 1. The Morgan fingerprint density at radius 2 is 1.89 bits per heavy atom. The molecule has 1 atom stereocenters. The molecule has 1 unspecified atom stereocenters. The number of rotatable bonds is 3. The molecule has 2 rings (SSSR count). The first-order valence-electron chi connectivity index (χ1n) is 7.14. The van der Waals surface area contributed by atoms with Crippen LogP contribution in [0.1, 0.15) is 38.3 Å². The topological polar surface area (TPSA) is 32.3 Å². The molecule has 104 valence electrons. The lowest BCUT2D eigenvalue weighted by atomic mass is 9.97. The van der Waals surface area contributed by atoms with E-state index < -0.39 is 0 Å². The molecule has 1 amide bonds. The van der Waals surface area contributed by atoms with Crippen molar-refractivity contribution in [2.45, 2.75) is 47.1 Å². The van der Waals surface area contributed by atoms with E-state index in [1.165, 1.54) is 11.1 Å². The Kier molecular flexibility index (Phi) is 3.83. The maximum Gasteiger partial charge on any atom is 0.249 e. The molecule has 0 aliphatic carbocycles. The Labute approximate surface area is 116 Å². The van der Waals surface area contributed by atoms with E-state index in [9.17, 15) is 4.79 Å². The van der Waals surface area contributed by atoms with Crippen LogP contribution in [0.5, 0.6) is 0 Å². The molecule has 0 radical (unpaired) electrons. The van der Waals surface area contributed by atoms with Gasteiger partial charge in [-0.05, 0) is 49.4 Å². The predicted molar refractivity (Wildman–Crippen MR) is 80.8 cm³/mol. The number of carbonyl (C=O) groups excluding carboxylic acids is 1. The third-order valence-corrected chi connectivity index (χ3v) is 3.86. The minimum absolute atomic E-state index is 0.110. The number of benzene rings is 1. The van der Waals surface area contributed by atoms with E-state index in [4.69, 9.17) is 0 Å². The van der Waals surface area contributed by atoms with Gasteiger partial charge in [0.15, 0.2) is 0 Å². The third-order valence-electron chi connectivity index (χ3n) is 3.86. The van der Waals surface area contributed by atoms with Gasteiger partial charge in [-0.15, -0.1) is 0 Å². The predicted octanol–water partition coefficient (Wildman–Crippen LogP) is 3.50. The average molecular weight is 260 g/mol. The average Bonchev–Trinajstić information content (AvgIpc) is 2.35. The SMILES string of the molecule is CCCN1C(=O)C(C(C)C)Nc2cc(C)c(C)cc21. The number of anilines is 2. The number of nitrogens with one attached hydrogen (secondary N) is 1. The van der Waals surface area contributed by atoms with Crippen LogP contribution in [-0.2, 0) is 4.79 Å². The van der Waals surface area contributed by atoms with Gasteiger partial charge in [-0.25, -0.2) is 0 Å². The molecule has 1 aromatic carbocycles. The molecular formula is C16H24N2O. The van der Waals surface area contributed by atoms with E-state index in [0.29, 0.717) is 5.92 Å². The van der Waals surface area contributed by atoms with Gasteiger partial charge < -0.3 is 10.2 Å². The first kappa shape index (κ1) is 13.9. The molecule has 0 saturated carbocycles. The van der Waals surface area contributed by atoms with Gasteiger partial charge in [0.05, 0.1) is 11.4 Å². The standard InChI is InChI=1S/C16H24N2O/c1-6-7-18-14-9-12(5)11(4)8-13(14)17-15(10(2)3)16(18)19/h8-10,15,17H,6-7H2,1-5H3. The molecule has 0 aromatic heterocycles. The Bertz CT molecular complexity index is 494. The number of hydrogen-bond acceptors (Lipinski definition) is 2. The van der Waals surface area contributed by atoms with Gasteiger partial charge in [0.2, 0.25) is 5.91 Å². The highest BCUT2D eigenvalue weighted by Crippen LogP contribution is 2.35. The molecule has 19 heavy (non-hydrogen) atoms. The van der Waals surface area contributed by atoms with Crippen LogP contribution in [0.2, 0.25) is 0 Å². The molecule has 0 fully saturated rings. The van der Waals surface area contributed by atoms with E-state index in [-0.39, 0.29) is 11.9 Å². The molecule has 0 saturated heterocycles. The summed E-state index contributed by atoms with van der Waals surface area (Å²) in [6.45, 7) is 11.3. The van der Waals surface area contributed by atoms with Crippen molar-refractivity contribution in [3.8, 4) is 0 Å². The zero-order chi connectivity index (χ0) is 14.2. The second-order valence-electron chi connectivity index (χ2n) is 5.81. The Balaban J connectivity index is 2.49. The fourth-order valence-corrected chi connectivity index (χ4v) is 2.56. The van der Waals surface area contributed by atoms with Crippen molar-refractivity contribution in [3.63, 3.8) is 0 Å². The highest BCUT2D eigenvalue weighted by Gasteiger charge is 2.33. The smallest absolute Gasteiger partial charge is 0.249 e. The second-order valence-corrected chi connectivity index (χ2v) is 5.81. The first-order chi connectivity index (χ1) is 8.95. The summed E-state index contributed by atoms with van der Waals surface area (Å²) in [4.78, 5) is 14.5. The Morgan fingerprint density at radius 1 is 1.26 bits per heavy atom. The molecule has 0 spiro atoms. The monoisotopic (exact) mass is 260 g/mol. The van der Waals surface area contributed by atoms with Gasteiger partial charge >= 0.3 is 0 Å². The van der Waals surface area contributed by atoms with Crippen LogP contribution in [0.3, 0.4) is 0 Å². The van der Waals surface area contributed by atoms with Gasteiger partial charge in [0, 0.05) is 6.54 Å². The zero-order valence-electron chi connectivity index (χ0n) is 12.6. The number of hydrogen-bond donors (Lipinski definition) is 1.